The first-order valence-electron chi connectivity index (χ1n) is 4.26. The number of hydrogen-bond donors (Lipinski definition) is 2. The number of aliphatic hydroxyl groups is 1. The normalized spacial score (nSPS) is 12.5. The number of halogens is 1. The predicted molar refractivity (Wildman–Crippen MR) is 56.7 cm³/mol. The maximum absolute atomic E-state index is 9.30. The van der Waals surface area contributed by atoms with Crippen molar-refractivity contribution in [3.63, 3.8) is 0 Å². The van der Waals surface area contributed by atoms with Crippen molar-refractivity contribution in [2.45, 2.75) is 19.4 Å². The molecule has 0 aliphatic carbocycles. The van der Waals surface area contributed by atoms with Gasteiger partial charge in [0.2, 0.25) is 0 Å². The summed E-state index contributed by atoms with van der Waals surface area (Å²) in [5.41, 5.74) is 0. The van der Waals surface area contributed by atoms with Crippen molar-refractivity contribution in [2.24, 2.45) is 0 Å². The fraction of sp³-hybridized carbons (Fsp3) is 0.444. The van der Waals surface area contributed by atoms with Crippen molar-refractivity contribution < 1.29 is 5.11 Å². The molecule has 1 atom stereocenters. The van der Waals surface area contributed by atoms with E-state index in [1.165, 1.54) is 0 Å². The highest BCUT2D eigenvalue weighted by atomic mass is 79.9. The summed E-state index contributed by atoms with van der Waals surface area (Å²) in [5, 5.41) is 12.4. The van der Waals surface area contributed by atoms with Gasteiger partial charge in [-0.2, -0.15) is 0 Å². The molecule has 13 heavy (non-hydrogen) atoms. The van der Waals surface area contributed by atoms with E-state index in [-0.39, 0.29) is 6.10 Å². The Bertz CT molecular complexity index is 268. The molecular formula is C9H13BrN2O. The van der Waals surface area contributed by atoms with Gasteiger partial charge < -0.3 is 10.4 Å². The van der Waals surface area contributed by atoms with Gasteiger partial charge in [0.15, 0.2) is 0 Å². The van der Waals surface area contributed by atoms with Gasteiger partial charge in [-0.05, 0) is 34.5 Å². The molecule has 0 radical (unpaired) electrons. The van der Waals surface area contributed by atoms with Crippen LogP contribution in [0.1, 0.15) is 13.3 Å². The Morgan fingerprint density at radius 2 is 2.46 bits per heavy atom. The lowest BCUT2D eigenvalue weighted by atomic mass is 10.3. The third-order valence-electron chi connectivity index (χ3n) is 1.73. The first kappa shape index (κ1) is 10.5. The topological polar surface area (TPSA) is 45.1 Å². The number of aliphatic hydroxyl groups excluding tert-OH is 1. The lowest BCUT2D eigenvalue weighted by molar-refractivity contribution is 0.183. The Balaban J connectivity index is 2.50. The minimum Gasteiger partial charge on any atom is -0.391 e. The van der Waals surface area contributed by atoms with Crippen LogP contribution in [0.2, 0.25) is 0 Å². The highest BCUT2D eigenvalue weighted by molar-refractivity contribution is 9.10. The van der Waals surface area contributed by atoms with E-state index in [1.807, 2.05) is 19.1 Å². The Morgan fingerprint density at radius 1 is 1.69 bits per heavy atom. The average molecular weight is 245 g/mol. The number of nitrogens with one attached hydrogen (secondary N) is 1. The Hall–Kier alpha value is -0.610. The second kappa shape index (κ2) is 5.19. The van der Waals surface area contributed by atoms with E-state index in [1.54, 1.807) is 6.20 Å². The zero-order valence-corrected chi connectivity index (χ0v) is 9.08. The van der Waals surface area contributed by atoms with E-state index in [9.17, 15) is 5.11 Å². The van der Waals surface area contributed by atoms with Gasteiger partial charge in [-0.25, -0.2) is 4.98 Å². The number of aromatic nitrogens is 1. The molecule has 1 rings (SSSR count). The van der Waals surface area contributed by atoms with Gasteiger partial charge >= 0.3 is 0 Å². The van der Waals surface area contributed by atoms with E-state index in [2.05, 4.69) is 26.2 Å². The SMILES string of the molecule is CC[C@H](O)CNc1ncccc1Br. The van der Waals surface area contributed by atoms with E-state index in [0.717, 1.165) is 16.7 Å². The fourth-order valence-electron chi connectivity index (χ4n) is 0.875. The molecule has 0 saturated heterocycles. The summed E-state index contributed by atoms with van der Waals surface area (Å²) in [5.74, 6) is 0.773. The van der Waals surface area contributed by atoms with Gasteiger partial charge in [0.25, 0.3) is 0 Å². The van der Waals surface area contributed by atoms with Crippen LogP contribution in [-0.4, -0.2) is 22.7 Å². The molecule has 0 saturated carbocycles. The lowest BCUT2D eigenvalue weighted by Gasteiger charge is -2.10. The zero-order chi connectivity index (χ0) is 9.68. The summed E-state index contributed by atoms with van der Waals surface area (Å²) in [7, 11) is 0. The van der Waals surface area contributed by atoms with Gasteiger partial charge in [0, 0.05) is 12.7 Å². The number of pyridine rings is 1. The number of hydrogen-bond acceptors (Lipinski definition) is 3. The summed E-state index contributed by atoms with van der Waals surface area (Å²) in [6.45, 7) is 2.48. The standard InChI is InChI=1S/C9H13BrN2O/c1-2-7(13)6-12-9-8(10)4-3-5-11-9/h3-5,7,13H,2,6H2,1H3,(H,11,12)/t7-/m0/s1. The third-order valence-corrected chi connectivity index (χ3v) is 2.37. The third kappa shape index (κ3) is 3.32. The van der Waals surface area contributed by atoms with Gasteiger partial charge in [-0.3, -0.25) is 0 Å². The minimum atomic E-state index is -0.311. The van der Waals surface area contributed by atoms with E-state index in [0.29, 0.717) is 6.54 Å². The van der Waals surface area contributed by atoms with Crippen LogP contribution in [0, 0.1) is 0 Å². The molecule has 1 aromatic heterocycles. The van der Waals surface area contributed by atoms with Crippen molar-refractivity contribution in [3.8, 4) is 0 Å². The molecule has 1 heterocycles. The molecule has 4 heteroatoms. The molecule has 0 fully saturated rings. The average Bonchev–Trinajstić information content (AvgIpc) is 2.16. The Labute approximate surface area is 86.3 Å². The molecule has 0 aromatic carbocycles. The number of anilines is 1. The highest BCUT2D eigenvalue weighted by Gasteiger charge is 2.02. The van der Waals surface area contributed by atoms with Gasteiger partial charge in [0.05, 0.1) is 10.6 Å². The van der Waals surface area contributed by atoms with Crippen LogP contribution in [0.5, 0.6) is 0 Å². The lowest BCUT2D eigenvalue weighted by Crippen LogP contribution is -2.18. The van der Waals surface area contributed by atoms with Crippen LogP contribution in [0.4, 0.5) is 5.82 Å². The van der Waals surface area contributed by atoms with Crippen LogP contribution >= 0.6 is 15.9 Å². The maximum Gasteiger partial charge on any atom is 0.140 e. The molecule has 1 aromatic rings. The van der Waals surface area contributed by atoms with E-state index in [4.69, 9.17) is 0 Å². The van der Waals surface area contributed by atoms with Crippen molar-refractivity contribution in [1.82, 2.24) is 4.98 Å². The van der Waals surface area contributed by atoms with Crippen LogP contribution in [0.3, 0.4) is 0 Å². The van der Waals surface area contributed by atoms with Gasteiger partial charge in [-0.15, -0.1) is 0 Å². The molecule has 0 spiro atoms. The summed E-state index contributed by atoms with van der Waals surface area (Å²) >= 11 is 3.36. The smallest absolute Gasteiger partial charge is 0.140 e. The summed E-state index contributed by atoms with van der Waals surface area (Å²) in [6.07, 6.45) is 2.15. The van der Waals surface area contributed by atoms with Gasteiger partial charge in [0.1, 0.15) is 5.82 Å². The molecule has 3 nitrogen and oxygen atoms in total. The molecule has 2 N–H and O–H groups in total. The first-order valence-corrected chi connectivity index (χ1v) is 5.05. The molecule has 0 aliphatic heterocycles. The molecular weight excluding hydrogens is 232 g/mol. The number of nitrogens with zero attached hydrogens (tertiary/aromatic N) is 1. The summed E-state index contributed by atoms with van der Waals surface area (Å²) < 4.78 is 0.915. The molecule has 0 unspecified atom stereocenters. The second-order valence-corrected chi connectivity index (χ2v) is 3.63. The predicted octanol–water partition coefficient (Wildman–Crippen LogP) is 2.03. The highest BCUT2D eigenvalue weighted by Crippen LogP contribution is 2.17. The van der Waals surface area contributed by atoms with E-state index < -0.39 is 0 Å². The number of rotatable bonds is 4. The van der Waals surface area contributed by atoms with Crippen molar-refractivity contribution in [1.29, 1.82) is 0 Å². The summed E-state index contributed by atoms with van der Waals surface area (Å²) in [4.78, 5) is 4.12. The fourth-order valence-corrected chi connectivity index (χ4v) is 1.27. The first-order chi connectivity index (χ1) is 6.24. The zero-order valence-electron chi connectivity index (χ0n) is 7.50. The van der Waals surface area contributed by atoms with E-state index >= 15 is 0 Å². The molecule has 0 bridgehead atoms. The summed E-state index contributed by atoms with van der Waals surface area (Å²) in [6, 6.07) is 3.76. The van der Waals surface area contributed by atoms with Crippen LogP contribution in [0.25, 0.3) is 0 Å². The molecule has 0 amide bonds. The molecule has 72 valence electrons. The van der Waals surface area contributed by atoms with Crippen molar-refractivity contribution >= 4 is 21.7 Å². The molecule has 0 aliphatic rings. The second-order valence-electron chi connectivity index (χ2n) is 2.78. The van der Waals surface area contributed by atoms with Crippen LogP contribution in [0.15, 0.2) is 22.8 Å². The minimum absolute atomic E-state index is 0.311. The van der Waals surface area contributed by atoms with Crippen LogP contribution in [-0.2, 0) is 0 Å². The van der Waals surface area contributed by atoms with Crippen LogP contribution < -0.4 is 5.32 Å². The Kier molecular flexibility index (Phi) is 4.18. The Morgan fingerprint density at radius 3 is 3.08 bits per heavy atom. The quantitative estimate of drug-likeness (QED) is 0.853. The largest absolute Gasteiger partial charge is 0.391 e. The van der Waals surface area contributed by atoms with Gasteiger partial charge in [-0.1, -0.05) is 6.92 Å². The maximum atomic E-state index is 9.30. The monoisotopic (exact) mass is 244 g/mol. The van der Waals surface area contributed by atoms with Crippen molar-refractivity contribution in [2.75, 3.05) is 11.9 Å². The van der Waals surface area contributed by atoms with Crippen molar-refractivity contribution in [3.05, 3.63) is 22.8 Å².